The van der Waals surface area contributed by atoms with Crippen LogP contribution >= 0.6 is 0 Å². The van der Waals surface area contributed by atoms with E-state index in [2.05, 4.69) is 58.7 Å². The van der Waals surface area contributed by atoms with Crippen molar-refractivity contribution < 1.29 is 9.59 Å². The Hall–Kier alpha value is -3.44. The van der Waals surface area contributed by atoms with E-state index in [-0.39, 0.29) is 11.8 Å². The van der Waals surface area contributed by atoms with Crippen molar-refractivity contribution in [3.63, 3.8) is 0 Å². The number of nitrogens with zero attached hydrogens (tertiary/aromatic N) is 2. The Morgan fingerprint density at radius 3 is 2.27 bits per heavy atom. The third-order valence-electron chi connectivity index (χ3n) is 7.69. The van der Waals surface area contributed by atoms with Crippen LogP contribution in [0.1, 0.15) is 54.4 Å². The second-order valence-electron chi connectivity index (χ2n) is 10.5. The van der Waals surface area contributed by atoms with Gasteiger partial charge in [0, 0.05) is 50.4 Å². The lowest BCUT2D eigenvalue weighted by Gasteiger charge is -2.35. The molecule has 0 aromatic heterocycles. The maximum absolute atomic E-state index is 13.2. The summed E-state index contributed by atoms with van der Waals surface area (Å²) in [7, 11) is 0. The molecule has 1 heterocycles. The summed E-state index contributed by atoms with van der Waals surface area (Å²) in [4.78, 5) is 30.1. The van der Waals surface area contributed by atoms with Crippen molar-refractivity contribution in [3.8, 4) is 11.1 Å². The van der Waals surface area contributed by atoms with Gasteiger partial charge in [-0.2, -0.15) is 0 Å². The van der Waals surface area contributed by atoms with Crippen molar-refractivity contribution in [1.29, 1.82) is 0 Å². The molecule has 3 aromatic rings. The molecule has 192 valence electrons. The second kappa shape index (κ2) is 12.2. The van der Waals surface area contributed by atoms with Crippen LogP contribution in [0, 0.1) is 5.92 Å². The van der Waals surface area contributed by atoms with Crippen LogP contribution in [-0.2, 0) is 11.3 Å². The largest absolute Gasteiger partial charge is 0.336 e. The molecule has 1 aliphatic carbocycles. The molecule has 0 radical (unpaired) electrons. The summed E-state index contributed by atoms with van der Waals surface area (Å²) < 4.78 is 0. The van der Waals surface area contributed by atoms with Crippen LogP contribution in [0.15, 0.2) is 78.9 Å². The van der Waals surface area contributed by atoms with Crippen molar-refractivity contribution in [3.05, 3.63) is 90.0 Å². The topological polar surface area (TPSA) is 52.7 Å². The number of benzene rings is 3. The molecule has 5 rings (SSSR count). The molecule has 5 nitrogen and oxygen atoms in total. The van der Waals surface area contributed by atoms with Crippen LogP contribution in [0.25, 0.3) is 11.1 Å². The fourth-order valence-electron chi connectivity index (χ4n) is 5.63. The maximum atomic E-state index is 13.2. The standard InChI is InChI=1S/C32H37N3O2/c36-31(22-25-9-3-1-4-10-25)33-30-16-8-15-29(23-30)32(37)35-19-17-34(18-20-35)24-26-11-7-14-28(21-26)27-12-5-2-6-13-27/h2,5-8,11-16,21,23,25H,1,3-4,9-10,17-20,22,24H2,(H,33,36). The van der Waals surface area contributed by atoms with Gasteiger partial charge in [0.15, 0.2) is 0 Å². The molecule has 0 unspecified atom stereocenters. The van der Waals surface area contributed by atoms with Gasteiger partial charge in [-0.15, -0.1) is 0 Å². The SMILES string of the molecule is O=C(CC1CCCCC1)Nc1cccc(C(=O)N2CCN(Cc3cccc(-c4ccccc4)c3)CC2)c1. The number of hydrogen-bond acceptors (Lipinski definition) is 3. The summed E-state index contributed by atoms with van der Waals surface area (Å²) in [5.74, 6) is 0.589. The van der Waals surface area contributed by atoms with Gasteiger partial charge in [0.1, 0.15) is 0 Å². The highest BCUT2D eigenvalue weighted by Crippen LogP contribution is 2.27. The van der Waals surface area contributed by atoms with Gasteiger partial charge < -0.3 is 10.2 Å². The molecule has 0 spiro atoms. The maximum Gasteiger partial charge on any atom is 0.254 e. The summed E-state index contributed by atoms with van der Waals surface area (Å²) in [6.07, 6.45) is 6.63. The van der Waals surface area contributed by atoms with E-state index in [1.807, 2.05) is 35.2 Å². The molecule has 1 saturated heterocycles. The zero-order valence-electron chi connectivity index (χ0n) is 21.6. The minimum Gasteiger partial charge on any atom is -0.336 e. The molecule has 0 bridgehead atoms. The molecule has 0 atom stereocenters. The molecular formula is C32H37N3O2. The number of carbonyl (C=O) groups is 2. The molecule has 5 heteroatoms. The molecule has 1 aliphatic heterocycles. The van der Waals surface area contributed by atoms with Crippen LogP contribution in [0.4, 0.5) is 5.69 Å². The average Bonchev–Trinajstić information content (AvgIpc) is 2.94. The van der Waals surface area contributed by atoms with Crippen LogP contribution in [-0.4, -0.2) is 47.8 Å². The Morgan fingerprint density at radius 2 is 1.49 bits per heavy atom. The Morgan fingerprint density at radius 1 is 0.757 bits per heavy atom. The smallest absolute Gasteiger partial charge is 0.254 e. The number of hydrogen-bond donors (Lipinski definition) is 1. The highest BCUT2D eigenvalue weighted by Gasteiger charge is 2.23. The Balaban J connectivity index is 1.13. The zero-order chi connectivity index (χ0) is 25.5. The van der Waals surface area contributed by atoms with E-state index in [1.54, 1.807) is 0 Å². The van der Waals surface area contributed by atoms with Crippen LogP contribution < -0.4 is 5.32 Å². The number of rotatable bonds is 7. The predicted octanol–water partition coefficient (Wildman–Crippen LogP) is 6.22. The Kier molecular flexibility index (Phi) is 8.32. The fourth-order valence-corrected chi connectivity index (χ4v) is 5.63. The average molecular weight is 496 g/mol. The Bertz CT molecular complexity index is 1200. The number of amides is 2. The van der Waals surface area contributed by atoms with Gasteiger partial charge in [-0.1, -0.05) is 73.9 Å². The van der Waals surface area contributed by atoms with E-state index in [0.29, 0.717) is 36.7 Å². The highest BCUT2D eigenvalue weighted by molar-refractivity contribution is 5.97. The Labute approximate surface area is 220 Å². The molecule has 37 heavy (non-hydrogen) atoms. The van der Waals surface area contributed by atoms with Crippen molar-refractivity contribution in [1.82, 2.24) is 9.80 Å². The van der Waals surface area contributed by atoms with Gasteiger partial charge in [0.25, 0.3) is 5.91 Å². The van der Waals surface area contributed by atoms with Crippen LogP contribution in [0.3, 0.4) is 0 Å². The monoisotopic (exact) mass is 495 g/mol. The lowest BCUT2D eigenvalue weighted by Crippen LogP contribution is -2.48. The van der Waals surface area contributed by atoms with E-state index in [9.17, 15) is 9.59 Å². The molecular weight excluding hydrogens is 458 g/mol. The lowest BCUT2D eigenvalue weighted by molar-refractivity contribution is -0.117. The molecule has 2 aliphatic rings. The summed E-state index contributed by atoms with van der Waals surface area (Å²) in [5.41, 5.74) is 5.10. The van der Waals surface area contributed by atoms with Gasteiger partial charge in [0.05, 0.1) is 0 Å². The van der Waals surface area contributed by atoms with Gasteiger partial charge in [0.2, 0.25) is 5.91 Å². The van der Waals surface area contributed by atoms with E-state index in [4.69, 9.17) is 0 Å². The highest BCUT2D eigenvalue weighted by atomic mass is 16.2. The lowest BCUT2D eigenvalue weighted by atomic mass is 9.87. The van der Waals surface area contributed by atoms with Crippen molar-refractivity contribution in [2.75, 3.05) is 31.5 Å². The number of carbonyl (C=O) groups excluding carboxylic acids is 2. The van der Waals surface area contributed by atoms with Crippen molar-refractivity contribution >= 4 is 17.5 Å². The number of anilines is 1. The number of piperazine rings is 1. The summed E-state index contributed by atoms with van der Waals surface area (Å²) in [6.45, 7) is 3.98. The predicted molar refractivity (Wildman–Crippen MR) is 149 cm³/mol. The first-order chi connectivity index (χ1) is 18.1. The van der Waals surface area contributed by atoms with Crippen LogP contribution in [0.5, 0.6) is 0 Å². The zero-order valence-corrected chi connectivity index (χ0v) is 21.6. The van der Waals surface area contributed by atoms with E-state index in [0.717, 1.165) is 32.5 Å². The van der Waals surface area contributed by atoms with Gasteiger partial charge >= 0.3 is 0 Å². The van der Waals surface area contributed by atoms with Crippen molar-refractivity contribution in [2.24, 2.45) is 5.92 Å². The van der Waals surface area contributed by atoms with Crippen molar-refractivity contribution in [2.45, 2.75) is 45.1 Å². The molecule has 1 N–H and O–H groups in total. The van der Waals surface area contributed by atoms with Gasteiger partial charge in [-0.3, -0.25) is 14.5 Å². The third-order valence-corrected chi connectivity index (χ3v) is 7.69. The molecule has 3 aromatic carbocycles. The van der Waals surface area contributed by atoms with Crippen LogP contribution in [0.2, 0.25) is 0 Å². The third kappa shape index (κ3) is 6.86. The summed E-state index contributed by atoms with van der Waals surface area (Å²) >= 11 is 0. The quantitative estimate of drug-likeness (QED) is 0.423. The molecule has 2 fully saturated rings. The second-order valence-corrected chi connectivity index (χ2v) is 10.5. The first-order valence-electron chi connectivity index (χ1n) is 13.7. The van der Waals surface area contributed by atoms with E-state index >= 15 is 0 Å². The van der Waals surface area contributed by atoms with E-state index < -0.39 is 0 Å². The minimum atomic E-state index is 0.0362. The normalized spacial score (nSPS) is 16.9. The minimum absolute atomic E-state index is 0.0362. The van der Waals surface area contributed by atoms with Gasteiger partial charge in [-0.25, -0.2) is 0 Å². The summed E-state index contributed by atoms with van der Waals surface area (Å²) in [5, 5.41) is 3.02. The summed E-state index contributed by atoms with van der Waals surface area (Å²) in [6, 6.07) is 26.6. The number of nitrogens with one attached hydrogen (secondary N) is 1. The fraction of sp³-hybridized carbons (Fsp3) is 0.375. The molecule has 2 amide bonds. The first kappa shape index (κ1) is 25.2. The first-order valence-corrected chi connectivity index (χ1v) is 13.7. The molecule has 1 saturated carbocycles. The van der Waals surface area contributed by atoms with Gasteiger partial charge in [-0.05, 0) is 59.7 Å². The van der Waals surface area contributed by atoms with E-state index in [1.165, 1.54) is 36.0 Å².